The van der Waals surface area contributed by atoms with E-state index in [2.05, 4.69) is 101 Å². The van der Waals surface area contributed by atoms with Crippen LogP contribution in [-0.4, -0.2) is 41.7 Å². The van der Waals surface area contributed by atoms with Crippen molar-refractivity contribution < 1.29 is 0 Å². The zero-order valence-corrected chi connectivity index (χ0v) is 18.4. The summed E-state index contributed by atoms with van der Waals surface area (Å²) in [5, 5.41) is 0.420. The van der Waals surface area contributed by atoms with Crippen LogP contribution in [0.15, 0.2) is 0 Å². The summed E-state index contributed by atoms with van der Waals surface area (Å²) in [6.45, 7) is 0. The van der Waals surface area contributed by atoms with Gasteiger partial charge in [-0.2, -0.15) is 113 Å². The van der Waals surface area contributed by atoms with Crippen LogP contribution in [-0.2, 0) is 0 Å². The molecule has 116 valence electrons. The molecule has 0 nitrogen and oxygen atoms in total. The Morgan fingerprint density at radius 3 is 1.32 bits per heavy atom. The molecule has 0 saturated heterocycles. The molecular formula is C10H22S9. The fraction of sp³-hybridized carbons (Fsp3) is 1.00. The van der Waals surface area contributed by atoms with E-state index in [4.69, 9.17) is 0 Å². The monoisotopic (exact) mass is 430 g/mol. The molecule has 0 amide bonds. The molecule has 0 spiro atoms. The average Bonchev–Trinajstić information content (AvgIpc) is 2.26. The molecule has 2 atom stereocenters. The molecule has 0 aromatic carbocycles. The van der Waals surface area contributed by atoms with Gasteiger partial charge in [-0.1, -0.05) is 0 Å². The SMILES string of the molecule is SCC(S)CC(S)(S)CSCC(S)(S)CC(S)CS. The predicted octanol–water partition coefficient (Wildman–Crippen LogP) is 4.07. The Kier molecular flexibility index (Phi) is 12.6. The fourth-order valence-electron chi connectivity index (χ4n) is 1.38. The lowest BCUT2D eigenvalue weighted by Crippen LogP contribution is -2.27. The van der Waals surface area contributed by atoms with Gasteiger partial charge in [-0.25, -0.2) is 0 Å². The van der Waals surface area contributed by atoms with Gasteiger partial charge in [0.25, 0.3) is 0 Å². The lowest BCUT2D eigenvalue weighted by atomic mass is 10.2. The molecule has 0 aromatic heterocycles. The van der Waals surface area contributed by atoms with Crippen molar-refractivity contribution >= 4 is 113 Å². The van der Waals surface area contributed by atoms with E-state index in [9.17, 15) is 0 Å². The molecule has 2 unspecified atom stereocenters. The molecule has 0 aromatic rings. The van der Waals surface area contributed by atoms with Crippen LogP contribution in [0.25, 0.3) is 0 Å². The van der Waals surface area contributed by atoms with Crippen molar-refractivity contribution in [3.63, 3.8) is 0 Å². The zero-order valence-electron chi connectivity index (χ0n) is 10.4. The molecular weight excluding hydrogens is 409 g/mol. The molecule has 0 heterocycles. The molecule has 19 heavy (non-hydrogen) atoms. The van der Waals surface area contributed by atoms with Crippen LogP contribution in [0.5, 0.6) is 0 Å². The first-order valence-electron chi connectivity index (χ1n) is 5.67. The Balaban J connectivity index is 4.06. The first kappa shape index (κ1) is 22.1. The number of hydrogen-bond acceptors (Lipinski definition) is 9. The standard InChI is InChI=1S/C10H22S9/c11-3-7(13)1-9(15,16)5-19-6-10(17,18)2-8(14)4-12/h7-8,11-18H,1-6H2. The van der Waals surface area contributed by atoms with Gasteiger partial charge in [0.05, 0.1) is 8.16 Å². The van der Waals surface area contributed by atoms with E-state index in [1.165, 1.54) is 0 Å². The first-order valence-corrected chi connectivity index (χ1v) is 10.9. The summed E-state index contributed by atoms with van der Waals surface area (Å²) in [6.07, 6.45) is 1.60. The maximum atomic E-state index is 4.58. The maximum Gasteiger partial charge on any atom is 0.0652 e. The second-order valence-electron chi connectivity index (χ2n) is 4.54. The topological polar surface area (TPSA) is 0 Å². The minimum absolute atomic E-state index is 0.210. The Hall–Kier alpha value is 3.15. The van der Waals surface area contributed by atoms with Gasteiger partial charge in [-0.05, 0) is 12.8 Å². The highest BCUT2D eigenvalue weighted by molar-refractivity contribution is 8.07. The van der Waals surface area contributed by atoms with E-state index >= 15 is 0 Å². The van der Waals surface area contributed by atoms with Gasteiger partial charge in [-0.15, -0.1) is 0 Å². The lowest BCUT2D eigenvalue weighted by molar-refractivity contribution is 0.776. The maximum absolute atomic E-state index is 4.58. The summed E-state index contributed by atoms with van der Waals surface area (Å²) in [6, 6.07) is 0. The normalized spacial score (nSPS) is 16.4. The molecule has 0 bridgehead atoms. The van der Waals surface area contributed by atoms with Crippen LogP contribution >= 0.6 is 113 Å². The highest BCUT2D eigenvalue weighted by Gasteiger charge is 2.27. The summed E-state index contributed by atoms with van der Waals surface area (Å²) in [4.78, 5) is 0. The van der Waals surface area contributed by atoms with Gasteiger partial charge in [-0.3, -0.25) is 0 Å². The summed E-state index contributed by atoms with van der Waals surface area (Å²) < 4.78 is -0.692. The van der Waals surface area contributed by atoms with Gasteiger partial charge >= 0.3 is 0 Å². The van der Waals surface area contributed by atoms with E-state index in [-0.39, 0.29) is 18.7 Å². The van der Waals surface area contributed by atoms with Crippen LogP contribution < -0.4 is 0 Å². The highest BCUT2D eigenvalue weighted by Crippen LogP contribution is 2.36. The third kappa shape index (κ3) is 12.3. The Morgan fingerprint density at radius 1 is 0.737 bits per heavy atom. The second-order valence-corrected chi connectivity index (χ2v) is 11.8. The predicted molar refractivity (Wildman–Crippen MR) is 121 cm³/mol. The van der Waals surface area contributed by atoms with Crippen LogP contribution in [0.1, 0.15) is 12.8 Å². The van der Waals surface area contributed by atoms with Gasteiger partial charge in [0, 0.05) is 33.5 Å². The van der Waals surface area contributed by atoms with Gasteiger partial charge < -0.3 is 0 Å². The second kappa shape index (κ2) is 10.8. The Morgan fingerprint density at radius 2 is 1.05 bits per heavy atom. The fourth-order valence-corrected chi connectivity index (χ4v) is 5.81. The van der Waals surface area contributed by atoms with Crippen LogP contribution in [0.4, 0.5) is 0 Å². The minimum Gasteiger partial charge on any atom is -0.178 e. The summed E-state index contributed by atoms with van der Waals surface area (Å²) in [5.41, 5.74) is 0. The zero-order chi connectivity index (χ0) is 15.1. The third-order valence-electron chi connectivity index (χ3n) is 2.21. The lowest BCUT2D eigenvalue weighted by Gasteiger charge is -2.28. The van der Waals surface area contributed by atoms with Crippen molar-refractivity contribution in [2.24, 2.45) is 0 Å². The number of rotatable bonds is 10. The molecule has 0 rings (SSSR count). The van der Waals surface area contributed by atoms with Crippen molar-refractivity contribution in [2.75, 3.05) is 23.0 Å². The molecule has 0 radical (unpaired) electrons. The first-order chi connectivity index (χ1) is 8.62. The molecule has 0 aliphatic carbocycles. The van der Waals surface area contributed by atoms with Crippen LogP contribution in [0, 0.1) is 0 Å². The number of thioether (sulfide) groups is 1. The van der Waals surface area contributed by atoms with Crippen LogP contribution in [0.3, 0.4) is 0 Å². The van der Waals surface area contributed by atoms with E-state index in [0.29, 0.717) is 0 Å². The van der Waals surface area contributed by atoms with Crippen molar-refractivity contribution in [3.05, 3.63) is 0 Å². The largest absolute Gasteiger partial charge is 0.178 e. The molecule has 0 N–H and O–H groups in total. The van der Waals surface area contributed by atoms with Crippen molar-refractivity contribution in [2.45, 2.75) is 31.5 Å². The minimum atomic E-state index is -0.346. The number of hydrogen-bond donors (Lipinski definition) is 8. The highest BCUT2D eigenvalue weighted by atomic mass is 32.2. The molecule has 9 heteroatoms. The van der Waals surface area contributed by atoms with Crippen molar-refractivity contribution in [3.8, 4) is 0 Å². The van der Waals surface area contributed by atoms with E-state index < -0.39 is 0 Å². The van der Waals surface area contributed by atoms with Gasteiger partial charge in [0.1, 0.15) is 0 Å². The molecule has 0 aliphatic rings. The Labute approximate surface area is 165 Å². The third-order valence-corrected chi connectivity index (χ3v) is 8.01. The summed E-state index contributed by atoms with van der Waals surface area (Å²) in [5.74, 6) is 3.07. The summed E-state index contributed by atoms with van der Waals surface area (Å²) >= 11 is 37.4. The van der Waals surface area contributed by atoms with Crippen molar-refractivity contribution in [1.29, 1.82) is 0 Å². The van der Waals surface area contributed by atoms with Crippen LogP contribution in [0.2, 0.25) is 0 Å². The smallest absolute Gasteiger partial charge is 0.0652 e. The van der Waals surface area contributed by atoms with E-state index in [1.54, 1.807) is 11.8 Å². The molecule has 0 fully saturated rings. The van der Waals surface area contributed by atoms with E-state index in [0.717, 1.165) is 35.9 Å². The quantitative estimate of drug-likeness (QED) is 0.191. The number of thiol groups is 8. The van der Waals surface area contributed by atoms with Gasteiger partial charge in [0.2, 0.25) is 0 Å². The average molecular weight is 431 g/mol. The van der Waals surface area contributed by atoms with Crippen molar-refractivity contribution in [1.82, 2.24) is 0 Å². The Bertz CT molecular complexity index is 219. The van der Waals surface area contributed by atoms with E-state index in [1.807, 2.05) is 0 Å². The molecule has 0 saturated carbocycles. The summed E-state index contributed by atoms with van der Waals surface area (Å²) in [7, 11) is 0. The van der Waals surface area contributed by atoms with Gasteiger partial charge in [0.15, 0.2) is 0 Å². The molecule has 0 aliphatic heterocycles.